The maximum atomic E-state index is 13.5. The summed E-state index contributed by atoms with van der Waals surface area (Å²) < 4.78 is 56.3. The number of fused-ring (bicyclic) bond motifs is 1. The number of hydrogen-bond donors (Lipinski definition) is 2. The molecule has 9 nitrogen and oxygen atoms in total. The summed E-state index contributed by atoms with van der Waals surface area (Å²) in [6.45, 7) is 5.79. The third-order valence-electron chi connectivity index (χ3n) is 7.94. The number of ether oxygens (including phenoxy) is 3. The summed E-state index contributed by atoms with van der Waals surface area (Å²) in [6, 6.07) is 15.0. The van der Waals surface area contributed by atoms with Gasteiger partial charge in [0.15, 0.2) is 15.4 Å². The number of halogens is 2. The smallest absolute Gasteiger partial charge is 0.155 e. The van der Waals surface area contributed by atoms with Crippen molar-refractivity contribution in [3.63, 3.8) is 0 Å². The molecule has 0 spiro atoms. The summed E-state index contributed by atoms with van der Waals surface area (Å²) in [5, 5.41) is 7.36. The van der Waals surface area contributed by atoms with Crippen LogP contribution in [0.25, 0.3) is 10.9 Å². The van der Waals surface area contributed by atoms with E-state index in [1.54, 1.807) is 51.5 Å². The molecule has 4 aromatic rings. The molecule has 0 amide bonds. The highest BCUT2D eigenvalue weighted by Crippen LogP contribution is 2.44. The largest absolute Gasteiger partial charge is 0.496 e. The molecule has 5 rings (SSSR count). The lowest BCUT2D eigenvalue weighted by molar-refractivity contribution is 0.00695. The van der Waals surface area contributed by atoms with Crippen molar-refractivity contribution < 1.29 is 27.0 Å². The van der Waals surface area contributed by atoms with Gasteiger partial charge in [0, 0.05) is 41.7 Å². The van der Waals surface area contributed by atoms with Gasteiger partial charge in [0.25, 0.3) is 0 Å². The Morgan fingerprint density at radius 2 is 1.91 bits per heavy atom. The van der Waals surface area contributed by atoms with E-state index in [0.29, 0.717) is 45.5 Å². The van der Waals surface area contributed by atoms with Gasteiger partial charge < -0.3 is 24.8 Å². The number of anilines is 2. The van der Waals surface area contributed by atoms with Crippen LogP contribution in [0.15, 0.2) is 73.3 Å². The van der Waals surface area contributed by atoms with Crippen molar-refractivity contribution in [2.24, 2.45) is 0 Å². The first-order valence-corrected chi connectivity index (χ1v) is 16.7. The highest BCUT2D eigenvalue weighted by molar-refractivity contribution is 7.92. The minimum Gasteiger partial charge on any atom is -0.496 e. The second-order valence-corrected chi connectivity index (χ2v) is 14.2. The number of aromatic nitrogens is 2. The van der Waals surface area contributed by atoms with Gasteiger partial charge in [-0.25, -0.2) is 22.8 Å². The van der Waals surface area contributed by atoms with Crippen LogP contribution >= 0.6 is 11.6 Å². The summed E-state index contributed by atoms with van der Waals surface area (Å²) in [7, 11) is -1.61. The number of sulfone groups is 1. The molecule has 3 aromatic carbocycles. The van der Waals surface area contributed by atoms with Crippen molar-refractivity contribution in [3.05, 3.63) is 95.2 Å². The molecular weight excluding hydrogens is 619 g/mol. The molecule has 0 aliphatic carbocycles. The Morgan fingerprint density at radius 1 is 1.09 bits per heavy atom. The number of nitrogens with one attached hydrogen (secondary N) is 2. The molecule has 0 radical (unpaired) electrons. The molecule has 1 aliphatic rings. The van der Waals surface area contributed by atoms with Crippen LogP contribution in [0.3, 0.4) is 0 Å². The Kier molecular flexibility index (Phi) is 9.81. The molecule has 0 saturated carbocycles. The molecule has 45 heavy (non-hydrogen) atoms. The average Bonchev–Trinajstić information content (AvgIpc) is 3.51. The number of rotatable bonds is 13. The molecule has 0 bridgehead atoms. The van der Waals surface area contributed by atoms with Crippen LogP contribution in [0.1, 0.15) is 38.3 Å². The fraction of sp³-hybridized carbons (Fsp3) is 0.333. The van der Waals surface area contributed by atoms with Crippen molar-refractivity contribution >= 4 is 43.8 Å². The van der Waals surface area contributed by atoms with E-state index in [1.165, 1.54) is 18.5 Å². The summed E-state index contributed by atoms with van der Waals surface area (Å²) in [5.74, 6) is 1.28. The second kappa shape index (κ2) is 13.6. The van der Waals surface area contributed by atoms with Crippen LogP contribution in [-0.4, -0.2) is 49.1 Å². The Hall–Kier alpha value is -3.93. The van der Waals surface area contributed by atoms with Gasteiger partial charge in [-0.15, -0.1) is 0 Å². The van der Waals surface area contributed by atoms with E-state index in [9.17, 15) is 12.8 Å². The normalized spacial score (nSPS) is 17.0. The summed E-state index contributed by atoms with van der Waals surface area (Å²) in [5.41, 5.74) is 1.92. The molecular formula is C33H36ClFN4O5S. The van der Waals surface area contributed by atoms with E-state index >= 15 is 0 Å². The standard InChI is InChI=1S/C33H36ClFN4O5S/c1-21(2)45(40,41)14-12-36-22(3)33(11-6-13-44-33)27-17-26-29(18-31(27)42-4)37-20-38-32(26)39-25-9-10-30(28(34)16-25)43-19-23-7-5-8-24(35)15-23/h5-10,13,15-18,20-22,36H,11-12,14,19H2,1-4H3,(H,37,38,39). The van der Waals surface area contributed by atoms with Crippen molar-refractivity contribution in [1.82, 2.24) is 15.3 Å². The molecule has 12 heteroatoms. The Morgan fingerprint density at radius 3 is 2.60 bits per heavy atom. The third-order valence-corrected chi connectivity index (χ3v) is 10.4. The highest BCUT2D eigenvalue weighted by Gasteiger charge is 2.43. The van der Waals surface area contributed by atoms with Crippen LogP contribution in [0.4, 0.5) is 15.9 Å². The average molecular weight is 655 g/mol. The van der Waals surface area contributed by atoms with Crippen LogP contribution in [0.5, 0.6) is 11.5 Å². The van der Waals surface area contributed by atoms with Crippen LogP contribution in [0.2, 0.25) is 5.02 Å². The molecule has 2 heterocycles. The zero-order valence-corrected chi connectivity index (χ0v) is 27.1. The van der Waals surface area contributed by atoms with Crippen molar-refractivity contribution in [2.45, 2.75) is 50.7 Å². The zero-order chi connectivity index (χ0) is 32.2. The number of nitrogens with zero attached hydrogens (tertiary/aromatic N) is 2. The molecule has 238 valence electrons. The Bertz CT molecular complexity index is 1810. The number of hydrogen-bond acceptors (Lipinski definition) is 9. The SMILES string of the molecule is COc1cc2ncnc(Nc3ccc(OCc4cccc(F)c4)c(Cl)c3)c2cc1C1(C(C)NCCS(=O)(=O)C(C)C)CC=CO1. The van der Waals surface area contributed by atoms with Gasteiger partial charge in [-0.1, -0.05) is 23.7 Å². The Labute approximate surface area is 267 Å². The molecule has 1 aromatic heterocycles. The Balaban J connectivity index is 1.41. The third kappa shape index (κ3) is 7.16. The predicted octanol–water partition coefficient (Wildman–Crippen LogP) is 6.68. The van der Waals surface area contributed by atoms with E-state index in [-0.39, 0.29) is 30.8 Å². The van der Waals surface area contributed by atoms with Gasteiger partial charge in [0.1, 0.15) is 36.1 Å². The molecule has 2 N–H and O–H groups in total. The minimum atomic E-state index is -3.20. The van der Waals surface area contributed by atoms with E-state index < -0.39 is 20.7 Å². The zero-order valence-electron chi connectivity index (χ0n) is 25.5. The van der Waals surface area contributed by atoms with Gasteiger partial charge in [-0.3, -0.25) is 0 Å². The molecule has 2 atom stereocenters. The van der Waals surface area contributed by atoms with Gasteiger partial charge >= 0.3 is 0 Å². The maximum absolute atomic E-state index is 13.5. The predicted molar refractivity (Wildman–Crippen MR) is 174 cm³/mol. The number of benzene rings is 3. The van der Waals surface area contributed by atoms with E-state index in [2.05, 4.69) is 20.6 Å². The van der Waals surface area contributed by atoms with E-state index in [4.69, 9.17) is 25.8 Å². The first-order valence-electron chi connectivity index (χ1n) is 14.6. The van der Waals surface area contributed by atoms with Crippen molar-refractivity contribution in [2.75, 3.05) is 24.7 Å². The van der Waals surface area contributed by atoms with Crippen LogP contribution in [-0.2, 0) is 26.8 Å². The molecule has 1 aliphatic heterocycles. The maximum Gasteiger partial charge on any atom is 0.155 e. The van der Waals surface area contributed by atoms with Crippen LogP contribution in [0, 0.1) is 5.82 Å². The van der Waals surface area contributed by atoms with Gasteiger partial charge in [-0.2, -0.15) is 0 Å². The van der Waals surface area contributed by atoms with Gasteiger partial charge in [-0.05, 0) is 68.8 Å². The summed E-state index contributed by atoms with van der Waals surface area (Å²) in [4.78, 5) is 8.98. The molecule has 0 fully saturated rings. The fourth-order valence-electron chi connectivity index (χ4n) is 5.25. The first-order chi connectivity index (χ1) is 21.5. The van der Waals surface area contributed by atoms with Crippen molar-refractivity contribution in [1.29, 1.82) is 0 Å². The van der Waals surface area contributed by atoms with E-state index in [1.807, 2.05) is 31.2 Å². The minimum absolute atomic E-state index is 0.0203. The lowest BCUT2D eigenvalue weighted by Crippen LogP contribution is -2.48. The quantitative estimate of drug-likeness (QED) is 0.163. The van der Waals surface area contributed by atoms with Gasteiger partial charge in [0.05, 0.1) is 34.9 Å². The van der Waals surface area contributed by atoms with Gasteiger partial charge in [0.2, 0.25) is 0 Å². The fourth-order valence-corrected chi connectivity index (χ4v) is 6.36. The second-order valence-electron chi connectivity index (χ2n) is 11.2. The first kappa shape index (κ1) is 32.5. The monoisotopic (exact) mass is 654 g/mol. The summed E-state index contributed by atoms with van der Waals surface area (Å²) in [6.07, 6.45) is 5.61. The lowest BCUT2D eigenvalue weighted by Gasteiger charge is -2.37. The number of methoxy groups -OCH3 is 1. The van der Waals surface area contributed by atoms with Crippen LogP contribution < -0.4 is 20.1 Å². The van der Waals surface area contributed by atoms with Crippen molar-refractivity contribution in [3.8, 4) is 11.5 Å². The highest BCUT2D eigenvalue weighted by atomic mass is 35.5. The molecule has 0 saturated heterocycles. The summed E-state index contributed by atoms with van der Waals surface area (Å²) >= 11 is 6.55. The van der Waals surface area contributed by atoms with E-state index in [0.717, 1.165) is 10.9 Å². The lowest BCUT2D eigenvalue weighted by atomic mass is 9.83. The molecule has 2 unspecified atom stereocenters. The topological polar surface area (TPSA) is 112 Å².